The van der Waals surface area contributed by atoms with Gasteiger partial charge in [0.05, 0.1) is 7.11 Å². The molecule has 0 spiro atoms. The van der Waals surface area contributed by atoms with Crippen LogP contribution >= 0.6 is 0 Å². The van der Waals surface area contributed by atoms with Crippen LogP contribution in [0.25, 0.3) is 0 Å². The lowest BCUT2D eigenvalue weighted by Crippen LogP contribution is -2.50. The van der Waals surface area contributed by atoms with Gasteiger partial charge in [-0.2, -0.15) is 0 Å². The predicted octanol–water partition coefficient (Wildman–Crippen LogP) is 4.37. The number of hydrogen-bond acceptors (Lipinski definition) is 6. The molecular weight excluding hydrogens is 513 g/mol. The number of likely N-dealkylation sites (tertiary alicyclic amines) is 1. The number of carbonyl (C=O) groups is 1. The van der Waals surface area contributed by atoms with E-state index in [1.165, 1.54) is 41.1 Å². The first-order valence-corrected chi connectivity index (χ1v) is 13.4. The Bertz CT molecular complexity index is 1140. The summed E-state index contributed by atoms with van der Waals surface area (Å²) >= 11 is 0. The van der Waals surface area contributed by atoms with Crippen LogP contribution in [-0.2, 0) is 13.0 Å². The summed E-state index contributed by atoms with van der Waals surface area (Å²) in [7, 11) is 3.83. The van der Waals surface area contributed by atoms with Crippen LogP contribution in [0, 0.1) is 0 Å². The van der Waals surface area contributed by atoms with E-state index in [0.29, 0.717) is 44.8 Å². The minimum absolute atomic E-state index is 0.0277. The molecule has 212 valence electrons. The summed E-state index contributed by atoms with van der Waals surface area (Å²) in [6, 6.07) is 9.61. The normalized spacial score (nSPS) is 19.1. The topological polar surface area (TPSA) is 57.7 Å². The molecule has 11 heteroatoms. The molecule has 2 aromatic rings. The van der Waals surface area contributed by atoms with Gasteiger partial charge in [0, 0.05) is 82.0 Å². The number of hydrogen-bond donors (Lipinski definition) is 0. The van der Waals surface area contributed by atoms with Crippen molar-refractivity contribution in [1.29, 1.82) is 0 Å². The highest BCUT2D eigenvalue weighted by molar-refractivity contribution is 5.76. The van der Waals surface area contributed by atoms with Gasteiger partial charge in [0.2, 0.25) is 0 Å². The maximum absolute atomic E-state index is 13.5. The Morgan fingerprint density at radius 2 is 1.51 bits per heavy atom. The Morgan fingerprint density at radius 1 is 0.846 bits per heavy atom. The number of piperidine rings is 1. The molecule has 2 saturated heterocycles. The number of anilines is 1. The Labute approximate surface area is 226 Å². The molecule has 0 atom stereocenters. The van der Waals surface area contributed by atoms with Gasteiger partial charge in [-0.15, -0.1) is 13.2 Å². The third kappa shape index (κ3) is 6.46. The van der Waals surface area contributed by atoms with Crippen molar-refractivity contribution in [2.45, 2.75) is 38.3 Å². The molecule has 8 nitrogen and oxygen atoms in total. The number of nitrogens with zero attached hydrogens (tertiary/aromatic N) is 4. The summed E-state index contributed by atoms with van der Waals surface area (Å²) in [5.74, 6) is 1.07. The van der Waals surface area contributed by atoms with Gasteiger partial charge in [0.1, 0.15) is 23.4 Å². The average molecular weight is 549 g/mol. The molecular formula is C28H35F3N4O4. The van der Waals surface area contributed by atoms with Gasteiger partial charge >= 0.3 is 12.4 Å². The van der Waals surface area contributed by atoms with Crippen molar-refractivity contribution in [2.24, 2.45) is 0 Å². The zero-order valence-corrected chi connectivity index (χ0v) is 22.4. The number of amides is 2. The SMILES string of the molecule is COc1ccc(N2CCN(C)CC2)c2c1CCN(C(=O)N1CCC(Oc3ccc(OC(F)(F)F)cc3)CC1)C2. The van der Waals surface area contributed by atoms with Gasteiger partial charge < -0.3 is 33.8 Å². The van der Waals surface area contributed by atoms with E-state index in [4.69, 9.17) is 9.47 Å². The lowest BCUT2D eigenvalue weighted by Gasteiger charge is -2.40. The molecule has 39 heavy (non-hydrogen) atoms. The minimum atomic E-state index is -4.73. The number of benzene rings is 2. The maximum atomic E-state index is 13.5. The van der Waals surface area contributed by atoms with E-state index in [1.807, 2.05) is 15.9 Å². The third-order valence-corrected chi connectivity index (χ3v) is 7.75. The summed E-state index contributed by atoms with van der Waals surface area (Å²) in [6.07, 6.45) is -2.79. The second kappa shape index (κ2) is 11.4. The number of likely N-dealkylation sites (N-methyl/N-ethyl adjacent to an activating group) is 1. The molecule has 0 aliphatic carbocycles. The largest absolute Gasteiger partial charge is 0.573 e. The van der Waals surface area contributed by atoms with E-state index < -0.39 is 6.36 Å². The summed E-state index contributed by atoms with van der Waals surface area (Å²) in [5, 5.41) is 0. The molecule has 0 saturated carbocycles. The van der Waals surface area contributed by atoms with Crippen LogP contribution in [0.2, 0.25) is 0 Å². The lowest BCUT2D eigenvalue weighted by molar-refractivity contribution is -0.274. The second-order valence-electron chi connectivity index (χ2n) is 10.3. The quantitative estimate of drug-likeness (QED) is 0.554. The third-order valence-electron chi connectivity index (χ3n) is 7.75. The summed E-state index contributed by atoms with van der Waals surface area (Å²) in [5.41, 5.74) is 3.56. The second-order valence-corrected chi connectivity index (χ2v) is 10.3. The van der Waals surface area contributed by atoms with Crippen LogP contribution in [0.5, 0.6) is 17.2 Å². The highest BCUT2D eigenvalue weighted by atomic mass is 19.4. The number of halogens is 3. The summed E-state index contributed by atoms with van der Waals surface area (Å²) in [6.45, 7) is 6.23. The number of urea groups is 1. The molecule has 2 amide bonds. The van der Waals surface area contributed by atoms with Crippen LogP contribution in [0.4, 0.5) is 23.7 Å². The van der Waals surface area contributed by atoms with Gasteiger partial charge in [0.15, 0.2) is 0 Å². The number of rotatable bonds is 5. The van der Waals surface area contributed by atoms with Crippen LogP contribution < -0.4 is 19.1 Å². The molecule has 0 aromatic heterocycles. The van der Waals surface area contributed by atoms with Gasteiger partial charge in [-0.25, -0.2) is 4.79 Å². The van der Waals surface area contributed by atoms with E-state index in [9.17, 15) is 18.0 Å². The van der Waals surface area contributed by atoms with E-state index in [0.717, 1.165) is 38.3 Å². The lowest BCUT2D eigenvalue weighted by atomic mass is 9.95. The monoisotopic (exact) mass is 548 g/mol. The Kier molecular flexibility index (Phi) is 7.97. The molecule has 0 bridgehead atoms. The van der Waals surface area contributed by atoms with E-state index >= 15 is 0 Å². The van der Waals surface area contributed by atoms with Crippen molar-refractivity contribution in [2.75, 3.05) is 64.9 Å². The first-order valence-electron chi connectivity index (χ1n) is 13.4. The highest BCUT2D eigenvalue weighted by Crippen LogP contribution is 2.36. The fraction of sp³-hybridized carbons (Fsp3) is 0.536. The smallest absolute Gasteiger partial charge is 0.496 e. The number of piperazine rings is 1. The average Bonchev–Trinajstić information content (AvgIpc) is 2.93. The van der Waals surface area contributed by atoms with Gasteiger partial charge in [-0.1, -0.05) is 0 Å². The zero-order chi connectivity index (χ0) is 27.6. The highest BCUT2D eigenvalue weighted by Gasteiger charge is 2.33. The number of ether oxygens (including phenoxy) is 3. The van der Waals surface area contributed by atoms with Gasteiger partial charge in [-0.05, 0) is 49.9 Å². The van der Waals surface area contributed by atoms with Crippen LogP contribution in [0.1, 0.15) is 24.0 Å². The van der Waals surface area contributed by atoms with Crippen LogP contribution in [0.3, 0.4) is 0 Å². The van der Waals surface area contributed by atoms with Crippen LogP contribution in [0.15, 0.2) is 36.4 Å². The fourth-order valence-corrected chi connectivity index (χ4v) is 5.60. The Morgan fingerprint density at radius 3 is 2.15 bits per heavy atom. The molecule has 5 rings (SSSR count). The predicted molar refractivity (Wildman–Crippen MR) is 141 cm³/mol. The Hall–Kier alpha value is -3.34. The van der Waals surface area contributed by atoms with Crippen LogP contribution in [-0.4, -0.2) is 93.2 Å². The summed E-state index contributed by atoms with van der Waals surface area (Å²) < 4.78 is 52.7. The minimum Gasteiger partial charge on any atom is -0.496 e. The van der Waals surface area contributed by atoms with Gasteiger partial charge in [-0.3, -0.25) is 0 Å². The molecule has 0 radical (unpaired) electrons. The maximum Gasteiger partial charge on any atom is 0.573 e. The van der Waals surface area contributed by atoms with E-state index in [-0.39, 0.29) is 17.9 Å². The van der Waals surface area contributed by atoms with Crippen molar-refractivity contribution in [1.82, 2.24) is 14.7 Å². The fourth-order valence-electron chi connectivity index (χ4n) is 5.60. The number of fused-ring (bicyclic) bond motifs is 1. The van der Waals surface area contributed by atoms with Crippen molar-refractivity contribution in [3.05, 3.63) is 47.5 Å². The summed E-state index contributed by atoms with van der Waals surface area (Å²) in [4.78, 5) is 22.1. The van der Waals surface area contributed by atoms with Gasteiger partial charge in [0.25, 0.3) is 0 Å². The molecule has 3 heterocycles. The molecule has 3 aliphatic rings. The molecule has 3 aliphatic heterocycles. The van der Waals surface area contributed by atoms with Crippen molar-refractivity contribution in [3.63, 3.8) is 0 Å². The van der Waals surface area contributed by atoms with Crippen molar-refractivity contribution in [3.8, 4) is 17.2 Å². The first kappa shape index (κ1) is 27.2. The molecule has 0 N–H and O–H groups in total. The standard InChI is InChI=1S/C28H35F3N4O4/c1-32-15-17-33(18-16-32)25-7-8-26(37-2)23-11-14-35(19-24(23)25)27(36)34-12-9-21(10-13-34)38-20-3-5-22(6-4-20)39-28(29,30)31/h3-8,21H,9-19H2,1-2H3. The zero-order valence-electron chi connectivity index (χ0n) is 22.4. The number of methoxy groups -OCH3 is 1. The van der Waals surface area contributed by atoms with E-state index in [2.05, 4.69) is 27.7 Å². The number of alkyl halides is 3. The first-order chi connectivity index (χ1) is 18.7. The molecule has 0 unspecified atom stereocenters. The molecule has 2 aromatic carbocycles. The number of carbonyl (C=O) groups excluding carboxylic acids is 1. The Balaban J connectivity index is 1.19. The molecule has 2 fully saturated rings. The van der Waals surface area contributed by atoms with Crippen molar-refractivity contribution < 1.29 is 32.2 Å². The van der Waals surface area contributed by atoms with E-state index in [1.54, 1.807) is 7.11 Å². The van der Waals surface area contributed by atoms with Crippen molar-refractivity contribution >= 4 is 11.7 Å².